The topological polar surface area (TPSA) is 13.1 Å². The molecular weight excluding hydrogens is 184 g/mol. The lowest BCUT2D eigenvalue weighted by Gasteiger charge is -1.90. The van der Waals surface area contributed by atoms with Crippen LogP contribution in [-0.4, -0.2) is 0 Å². The van der Waals surface area contributed by atoms with Crippen molar-refractivity contribution in [3.05, 3.63) is 48.0 Å². The second-order valence-corrected chi connectivity index (χ2v) is 3.45. The van der Waals surface area contributed by atoms with Gasteiger partial charge in [0.15, 0.2) is 0 Å². The third-order valence-corrected chi connectivity index (χ3v) is 2.54. The van der Waals surface area contributed by atoms with Gasteiger partial charge in [-0.05, 0) is 24.3 Å². The molecule has 1 aromatic heterocycles. The molecule has 0 aliphatic carbocycles. The lowest BCUT2D eigenvalue weighted by atomic mass is 10.1. The quantitative estimate of drug-likeness (QED) is 0.496. The van der Waals surface area contributed by atoms with E-state index in [-0.39, 0.29) is 0 Å². The van der Waals surface area contributed by atoms with Crippen LogP contribution in [0.4, 0.5) is 0 Å². The zero-order valence-electron chi connectivity index (χ0n) is 8.03. The molecule has 0 atom stereocenters. The fourth-order valence-corrected chi connectivity index (χ4v) is 1.82. The van der Waals surface area contributed by atoms with Gasteiger partial charge >= 0.3 is 0 Å². The molecule has 0 fully saturated rings. The maximum absolute atomic E-state index is 5.68. The summed E-state index contributed by atoms with van der Waals surface area (Å²) in [4.78, 5) is 0. The first-order chi connectivity index (χ1) is 7.38. The molecule has 0 saturated carbocycles. The molecule has 1 heterocycles. The number of fused-ring (bicyclic) bond motifs is 3. The first-order valence-electron chi connectivity index (χ1n) is 4.76. The lowest BCUT2D eigenvalue weighted by molar-refractivity contribution is 0.669. The van der Waals surface area contributed by atoms with Crippen molar-refractivity contribution in [3.8, 4) is 12.3 Å². The summed E-state index contributed by atoms with van der Waals surface area (Å²) in [7, 11) is 0. The fraction of sp³-hybridized carbons (Fsp3) is 0. The molecule has 0 saturated heterocycles. The van der Waals surface area contributed by atoms with E-state index < -0.39 is 0 Å². The van der Waals surface area contributed by atoms with Gasteiger partial charge in [0.2, 0.25) is 0 Å². The van der Waals surface area contributed by atoms with Crippen molar-refractivity contribution < 1.29 is 4.42 Å². The smallest absolute Gasteiger partial charge is 0.135 e. The zero-order chi connectivity index (χ0) is 10.3. The van der Waals surface area contributed by atoms with Gasteiger partial charge in [0.1, 0.15) is 11.2 Å². The average Bonchev–Trinajstić information content (AvgIpc) is 2.66. The van der Waals surface area contributed by atoms with E-state index in [4.69, 9.17) is 10.8 Å². The molecule has 2 aromatic carbocycles. The lowest BCUT2D eigenvalue weighted by Crippen LogP contribution is -1.71. The number of hydrogen-bond donors (Lipinski definition) is 0. The largest absolute Gasteiger partial charge is 0.456 e. The Hall–Kier alpha value is -2.20. The summed E-state index contributed by atoms with van der Waals surface area (Å²) >= 11 is 0. The van der Waals surface area contributed by atoms with Gasteiger partial charge in [0, 0.05) is 16.3 Å². The fourth-order valence-electron chi connectivity index (χ4n) is 1.82. The highest BCUT2D eigenvalue weighted by molar-refractivity contribution is 6.05. The summed E-state index contributed by atoms with van der Waals surface area (Å²) in [5, 5.41) is 2.20. The Balaban J connectivity index is 2.53. The standard InChI is InChI=1S/C14H8O/c1-2-10-7-8-14-12(9-10)11-5-3-4-6-13(11)15-14/h1,3-9H. The summed E-state index contributed by atoms with van der Waals surface area (Å²) in [5.41, 5.74) is 2.67. The summed E-state index contributed by atoms with van der Waals surface area (Å²) < 4.78 is 5.68. The molecule has 0 aliphatic heterocycles. The van der Waals surface area contributed by atoms with Crippen molar-refractivity contribution in [2.24, 2.45) is 0 Å². The van der Waals surface area contributed by atoms with Crippen LogP contribution in [-0.2, 0) is 0 Å². The van der Waals surface area contributed by atoms with Crippen LogP contribution in [0.15, 0.2) is 46.9 Å². The molecule has 1 heteroatoms. The maximum atomic E-state index is 5.68. The SMILES string of the molecule is C#Cc1ccc2oc3ccccc3c2c1. The molecule has 0 spiro atoms. The highest BCUT2D eigenvalue weighted by atomic mass is 16.3. The van der Waals surface area contributed by atoms with E-state index in [1.165, 1.54) is 0 Å². The van der Waals surface area contributed by atoms with E-state index in [2.05, 4.69) is 5.92 Å². The maximum Gasteiger partial charge on any atom is 0.135 e. The Morgan fingerprint density at radius 3 is 2.60 bits per heavy atom. The third-order valence-electron chi connectivity index (χ3n) is 2.54. The minimum absolute atomic E-state index is 0.883. The van der Waals surface area contributed by atoms with Gasteiger partial charge in [-0.15, -0.1) is 6.42 Å². The monoisotopic (exact) mass is 192 g/mol. The molecule has 3 aromatic rings. The Kier molecular flexibility index (Phi) is 1.57. The van der Waals surface area contributed by atoms with E-state index in [9.17, 15) is 0 Å². The number of benzene rings is 2. The first kappa shape index (κ1) is 8.14. The van der Waals surface area contributed by atoms with Crippen LogP contribution in [0.25, 0.3) is 21.9 Å². The summed E-state index contributed by atoms with van der Waals surface area (Å²) in [6.45, 7) is 0. The molecule has 70 valence electrons. The highest BCUT2D eigenvalue weighted by Gasteiger charge is 2.05. The molecule has 0 unspecified atom stereocenters. The normalized spacial score (nSPS) is 10.6. The van der Waals surface area contributed by atoms with Crippen molar-refractivity contribution >= 4 is 21.9 Å². The Morgan fingerprint density at radius 1 is 0.933 bits per heavy atom. The van der Waals surface area contributed by atoms with Gasteiger partial charge in [-0.25, -0.2) is 0 Å². The molecule has 1 nitrogen and oxygen atoms in total. The summed E-state index contributed by atoms with van der Waals surface area (Å²) in [5.74, 6) is 2.63. The van der Waals surface area contributed by atoms with Gasteiger partial charge in [0.05, 0.1) is 0 Å². The number of furan rings is 1. The van der Waals surface area contributed by atoms with Crippen LogP contribution in [0.3, 0.4) is 0 Å². The number of terminal acetylenes is 1. The van der Waals surface area contributed by atoms with Gasteiger partial charge in [0.25, 0.3) is 0 Å². The number of para-hydroxylation sites is 1. The predicted octanol–water partition coefficient (Wildman–Crippen LogP) is 3.57. The van der Waals surface area contributed by atoms with Crippen LogP contribution in [0, 0.1) is 12.3 Å². The Labute approximate surface area is 87.3 Å². The van der Waals surface area contributed by atoms with Crippen molar-refractivity contribution in [1.29, 1.82) is 0 Å². The summed E-state index contributed by atoms with van der Waals surface area (Å²) in [6.07, 6.45) is 5.37. The van der Waals surface area contributed by atoms with E-state index in [1.807, 2.05) is 42.5 Å². The predicted molar refractivity (Wildman–Crippen MR) is 61.7 cm³/mol. The van der Waals surface area contributed by atoms with Crippen LogP contribution in [0.5, 0.6) is 0 Å². The number of rotatable bonds is 0. The molecule has 15 heavy (non-hydrogen) atoms. The Bertz CT molecular complexity index is 683. The van der Waals surface area contributed by atoms with Gasteiger partial charge in [-0.1, -0.05) is 24.1 Å². The molecule has 0 N–H and O–H groups in total. The number of hydrogen-bond acceptors (Lipinski definition) is 1. The second-order valence-electron chi connectivity index (χ2n) is 3.45. The molecule has 0 aliphatic rings. The molecule has 0 amide bonds. The third kappa shape index (κ3) is 1.12. The molecule has 0 bridgehead atoms. The van der Waals surface area contributed by atoms with E-state index in [0.717, 1.165) is 27.5 Å². The second kappa shape index (κ2) is 2.90. The minimum atomic E-state index is 0.883. The van der Waals surface area contributed by atoms with Crippen molar-refractivity contribution in [3.63, 3.8) is 0 Å². The van der Waals surface area contributed by atoms with E-state index in [0.29, 0.717) is 0 Å². The average molecular weight is 192 g/mol. The van der Waals surface area contributed by atoms with Gasteiger partial charge in [-0.3, -0.25) is 0 Å². The molecule has 0 radical (unpaired) electrons. The highest BCUT2D eigenvalue weighted by Crippen LogP contribution is 2.28. The van der Waals surface area contributed by atoms with E-state index in [1.54, 1.807) is 0 Å². The minimum Gasteiger partial charge on any atom is -0.456 e. The van der Waals surface area contributed by atoms with Crippen molar-refractivity contribution in [1.82, 2.24) is 0 Å². The van der Waals surface area contributed by atoms with Crippen LogP contribution in [0.1, 0.15) is 5.56 Å². The van der Waals surface area contributed by atoms with Crippen LogP contribution in [0.2, 0.25) is 0 Å². The zero-order valence-corrected chi connectivity index (χ0v) is 8.03. The van der Waals surface area contributed by atoms with E-state index >= 15 is 0 Å². The molecular formula is C14H8O. The van der Waals surface area contributed by atoms with Crippen LogP contribution >= 0.6 is 0 Å². The van der Waals surface area contributed by atoms with Crippen molar-refractivity contribution in [2.45, 2.75) is 0 Å². The van der Waals surface area contributed by atoms with Gasteiger partial charge < -0.3 is 4.42 Å². The van der Waals surface area contributed by atoms with Crippen LogP contribution < -0.4 is 0 Å². The first-order valence-corrected chi connectivity index (χ1v) is 4.76. The molecule has 3 rings (SSSR count). The summed E-state index contributed by atoms with van der Waals surface area (Å²) in [6, 6.07) is 13.8. The van der Waals surface area contributed by atoms with Gasteiger partial charge in [-0.2, -0.15) is 0 Å². The van der Waals surface area contributed by atoms with Crippen molar-refractivity contribution in [2.75, 3.05) is 0 Å². The Morgan fingerprint density at radius 2 is 1.73 bits per heavy atom.